The van der Waals surface area contributed by atoms with Gasteiger partial charge in [0, 0.05) is 4.47 Å². The van der Waals surface area contributed by atoms with E-state index in [0.717, 1.165) is 16.0 Å². The fourth-order valence-electron chi connectivity index (χ4n) is 2.48. The van der Waals surface area contributed by atoms with Crippen molar-refractivity contribution in [2.75, 3.05) is 6.54 Å². The van der Waals surface area contributed by atoms with Crippen LogP contribution in [0, 0.1) is 0 Å². The Bertz CT molecular complexity index is 442. The van der Waals surface area contributed by atoms with E-state index in [0.29, 0.717) is 6.04 Å². The van der Waals surface area contributed by atoms with E-state index in [1.165, 1.54) is 36.8 Å². The number of benzene rings is 1. The first kappa shape index (κ1) is 14.1. The van der Waals surface area contributed by atoms with Crippen molar-refractivity contribution in [1.29, 1.82) is 0 Å². The quantitative estimate of drug-likeness (QED) is 0.744. The molecule has 1 aromatic carbocycles. The highest BCUT2D eigenvalue weighted by Crippen LogP contribution is 2.33. The maximum atomic E-state index is 6.20. The molecule has 1 aliphatic carbocycles. The van der Waals surface area contributed by atoms with Crippen LogP contribution in [0.25, 0.3) is 0 Å². The highest BCUT2D eigenvalue weighted by Gasteiger charge is 2.17. The minimum Gasteiger partial charge on any atom is -0.307 e. The van der Waals surface area contributed by atoms with Crippen LogP contribution in [-0.2, 0) is 0 Å². The van der Waals surface area contributed by atoms with Gasteiger partial charge in [0.15, 0.2) is 0 Å². The zero-order valence-corrected chi connectivity index (χ0v) is 13.0. The lowest BCUT2D eigenvalue weighted by molar-refractivity contribution is 0.564. The van der Waals surface area contributed by atoms with Crippen molar-refractivity contribution in [2.45, 2.75) is 38.6 Å². The highest BCUT2D eigenvalue weighted by atomic mass is 79.9. The van der Waals surface area contributed by atoms with Crippen molar-refractivity contribution in [3.63, 3.8) is 0 Å². The van der Waals surface area contributed by atoms with E-state index in [9.17, 15) is 0 Å². The number of nitrogens with one attached hydrogen (secondary N) is 1. The fraction of sp³-hybridized carbons (Fsp3) is 0.467. The summed E-state index contributed by atoms with van der Waals surface area (Å²) < 4.78 is 0.959. The summed E-state index contributed by atoms with van der Waals surface area (Å²) in [5.74, 6) is 0. The van der Waals surface area contributed by atoms with Crippen LogP contribution in [0.4, 0.5) is 0 Å². The molecule has 0 heterocycles. The molecule has 2 rings (SSSR count). The van der Waals surface area contributed by atoms with Gasteiger partial charge < -0.3 is 5.32 Å². The van der Waals surface area contributed by atoms with Gasteiger partial charge in [-0.3, -0.25) is 0 Å². The number of hydrogen-bond acceptors (Lipinski definition) is 1. The van der Waals surface area contributed by atoms with Crippen molar-refractivity contribution >= 4 is 27.5 Å². The summed E-state index contributed by atoms with van der Waals surface area (Å²) in [5.41, 5.74) is 2.78. The van der Waals surface area contributed by atoms with Gasteiger partial charge in [0.05, 0.1) is 11.1 Å². The van der Waals surface area contributed by atoms with Crippen molar-refractivity contribution in [3.05, 3.63) is 44.9 Å². The summed E-state index contributed by atoms with van der Waals surface area (Å²) in [6.45, 7) is 3.12. The molecule has 0 saturated heterocycles. The lowest BCUT2D eigenvalue weighted by Crippen LogP contribution is -2.23. The van der Waals surface area contributed by atoms with Crippen LogP contribution in [0.5, 0.6) is 0 Å². The molecule has 0 aromatic heterocycles. The Morgan fingerprint density at radius 3 is 2.83 bits per heavy atom. The third-order valence-electron chi connectivity index (χ3n) is 3.38. The smallest absolute Gasteiger partial charge is 0.0551 e. The molecule has 3 heteroatoms. The predicted octanol–water partition coefficient (Wildman–Crippen LogP) is 5.25. The Morgan fingerprint density at radius 2 is 2.22 bits per heavy atom. The van der Waals surface area contributed by atoms with Crippen LogP contribution < -0.4 is 5.32 Å². The first-order valence-corrected chi connectivity index (χ1v) is 7.76. The standard InChI is InChI=1S/C15H19BrClN/c1-2-18-15(11-6-4-3-5-7-11)12-8-9-13(16)14(17)10-12/h6,8-10,15,18H,2-5,7H2,1H3. The molecule has 1 aromatic rings. The Hall–Kier alpha value is -0.310. The number of likely N-dealkylation sites (N-methyl/N-ethyl adjacent to an activating group) is 1. The molecule has 0 aliphatic heterocycles. The molecule has 1 unspecified atom stereocenters. The van der Waals surface area contributed by atoms with Gasteiger partial charge in [-0.2, -0.15) is 0 Å². The van der Waals surface area contributed by atoms with E-state index in [-0.39, 0.29) is 0 Å². The number of halogens is 2. The van der Waals surface area contributed by atoms with Crippen LogP contribution in [0.3, 0.4) is 0 Å². The van der Waals surface area contributed by atoms with E-state index in [4.69, 9.17) is 11.6 Å². The molecule has 0 bridgehead atoms. The molecule has 0 fully saturated rings. The second-order valence-electron chi connectivity index (χ2n) is 4.69. The van der Waals surface area contributed by atoms with Crippen molar-refractivity contribution in [1.82, 2.24) is 5.32 Å². The molecule has 1 atom stereocenters. The lowest BCUT2D eigenvalue weighted by Gasteiger charge is -2.25. The Kier molecular flexibility index (Phi) is 5.28. The van der Waals surface area contributed by atoms with Gasteiger partial charge in [0.25, 0.3) is 0 Å². The van der Waals surface area contributed by atoms with E-state index in [1.807, 2.05) is 6.07 Å². The number of hydrogen-bond donors (Lipinski definition) is 1. The van der Waals surface area contributed by atoms with E-state index >= 15 is 0 Å². The molecule has 0 radical (unpaired) electrons. The Labute approximate surface area is 123 Å². The summed E-state index contributed by atoms with van der Waals surface area (Å²) in [7, 11) is 0. The third-order valence-corrected chi connectivity index (χ3v) is 4.61. The summed E-state index contributed by atoms with van der Waals surface area (Å²) in [6.07, 6.45) is 7.43. The van der Waals surface area contributed by atoms with Gasteiger partial charge >= 0.3 is 0 Å². The molecule has 0 amide bonds. The molecular formula is C15H19BrClN. The summed E-state index contributed by atoms with van der Waals surface area (Å²) in [5, 5.41) is 4.36. The van der Waals surface area contributed by atoms with Crippen molar-refractivity contribution < 1.29 is 0 Å². The molecule has 1 nitrogen and oxygen atoms in total. The van der Waals surface area contributed by atoms with Crippen molar-refractivity contribution in [2.24, 2.45) is 0 Å². The topological polar surface area (TPSA) is 12.0 Å². The maximum absolute atomic E-state index is 6.20. The Morgan fingerprint density at radius 1 is 1.39 bits per heavy atom. The lowest BCUT2D eigenvalue weighted by atomic mass is 9.90. The SMILES string of the molecule is CCNC(C1=CCCCC1)c1ccc(Br)c(Cl)c1. The summed E-state index contributed by atoms with van der Waals surface area (Å²) >= 11 is 9.65. The largest absolute Gasteiger partial charge is 0.307 e. The monoisotopic (exact) mass is 327 g/mol. The van der Waals surface area contributed by atoms with E-state index in [1.54, 1.807) is 0 Å². The van der Waals surface area contributed by atoms with Crippen molar-refractivity contribution in [3.8, 4) is 0 Å². The minimum atomic E-state index is 0.320. The normalized spacial score (nSPS) is 17.4. The number of rotatable bonds is 4. The molecule has 1 aliphatic rings. The highest BCUT2D eigenvalue weighted by molar-refractivity contribution is 9.10. The molecule has 98 valence electrons. The predicted molar refractivity (Wildman–Crippen MR) is 82.1 cm³/mol. The molecule has 0 saturated carbocycles. The molecular weight excluding hydrogens is 310 g/mol. The van der Waals surface area contributed by atoms with Gasteiger partial charge in [0.2, 0.25) is 0 Å². The second-order valence-corrected chi connectivity index (χ2v) is 5.95. The second kappa shape index (κ2) is 6.74. The summed E-state index contributed by atoms with van der Waals surface area (Å²) in [4.78, 5) is 0. The first-order chi connectivity index (χ1) is 8.72. The van der Waals surface area contributed by atoms with Gasteiger partial charge in [-0.05, 0) is 65.9 Å². The van der Waals surface area contributed by atoms with Gasteiger partial charge in [-0.25, -0.2) is 0 Å². The average Bonchev–Trinajstić information content (AvgIpc) is 2.40. The Balaban J connectivity index is 2.28. The zero-order valence-electron chi connectivity index (χ0n) is 10.7. The zero-order chi connectivity index (χ0) is 13.0. The molecule has 0 spiro atoms. The van der Waals surface area contributed by atoms with E-state index < -0.39 is 0 Å². The fourth-order valence-corrected chi connectivity index (χ4v) is 2.92. The van der Waals surface area contributed by atoms with Gasteiger partial charge in [-0.1, -0.05) is 36.2 Å². The summed E-state index contributed by atoms with van der Waals surface area (Å²) in [6, 6.07) is 6.57. The van der Waals surface area contributed by atoms with Gasteiger partial charge in [0.1, 0.15) is 0 Å². The van der Waals surface area contributed by atoms with Crippen LogP contribution in [0.2, 0.25) is 5.02 Å². The third kappa shape index (κ3) is 3.37. The molecule has 18 heavy (non-hydrogen) atoms. The van der Waals surface area contributed by atoms with Crippen LogP contribution in [0.15, 0.2) is 34.3 Å². The van der Waals surface area contributed by atoms with Crippen LogP contribution in [0.1, 0.15) is 44.2 Å². The minimum absolute atomic E-state index is 0.320. The maximum Gasteiger partial charge on any atom is 0.0551 e. The van der Waals surface area contributed by atoms with Gasteiger partial charge in [-0.15, -0.1) is 0 Å². The number of allylic oxidation sites excluding steroid dienone is 1. The van der Waals surface area contributed by atoms with Crippen LogP contribution in [-0.4, -0.2) is 6.54 Å². The van der Waals surface area contributed by atoms with Crippen LogP contribution >= 0.6 is 27.5 Å². The first-order valence-electron chi connectivity index (χ1n) is 6.59. The van der Waals surface area contributed by atoms with E-state index in [2.05, 4.69) is 46.4 Å². The average molecular weight is 329 g/mol. The molecule has 1 N–H and O–H groups in total.